The predicted octanol–water partition coefficient (Wildman–Crippen LogP) is 7.49. The van der Waals surface area contributed by atoms with Gasteiger partial charge >= 0.3 is 0 Å². The summed E-state index contributed by atoms with van der Waals surface area (Å²) in [5.41, 5.74) is 10.6. The highest BCUT2D eigenvalue weighted by Gasteiger charge is 2.45. The highest BCUT2D eigenvalue weighted by atomic mass is 19.3. The van der Waals surface area contributed by atoms with Gasteiger partial charge in [0.1, 0.15) is 11.4 Å². The number of fused-ring (bicyclic) bond motifs is 1. The van der Waals surface area contributed by atoms with Crippen molar-refractivity contribution in [2.45, 2.75) is 62.6 Å². The van der Waals surface area contributed by atoms with Crippen molar-refractivity contribution in [2.75, 3.05) is 74.6 Å². The number of phenolic OH excluding ortho intramolecular Hbond substituents is 1. The number of piperidine rings is 3. The summed E-state index contributed by atoms with van der Waals surface area (Å²) in [6.45, 7) is 6.46. The number of nitrogens with one attached hydrogen (secondary N) is 1. The molecule has 60 heavy (non-hydrogen) atoms. The van der Waals surface area contributed by atoms with E-state index in [1.165, 1.54) is 28.2 Å². The smallest absolute Gasteiger partial charge is 0.258 e. The third-order valence-electron chi connectivity index (χ3n) is 13.1. The Bertz CT molecular complexity index is 2390. The zero-order chi connectivity index (χ0) is 41.6. The van der Waals surface area contributed by atoms with Crippen LogP contribution in [0.3, 0.4) is 0 Å². The van der Waals surface area contributed by atoms with Crippen LogP contribution in [0.25, 0.3) is 22.2 Å². The second-order valence-electron chi connectivity index (χ2n) is 17.0. The molecule has 3 aromatic carbocycles. The summed E-state index contributed by atoms with van der Waals surface area (Å²) in [7, 11) is 0. The molecule has 3 fully saturated rings. The minimum Gasteiger partial charge on any atom is -0.507 e. The number of nitrogen functional groups attached to an aromatic ring is 1. The number of para-hydroxylation sites is 1. The minimum atomic E-state index is -2.99. The van der Waals surface area contributed by atoms with Gasteiger partial charge in [-0.25, -0.2) is 13.2 Å². The Morgan fingerprint density at radius 2 is 1.70 bits per heavy atom. The van der Waals surface area contributed by atoms with Crippen LogP contribution < -0.4 is 20.9 Å². The van der Waals surface area contributed by atoms with Crippen LogP contribution >= 0.6 is 0 Å². The van der Waals surface area contributed by atoms with E-state index in [9.17, 15) is 9.90 Å². The second kappa shape index (κ2) is 16.1. The van der Waals surface area contributed by atoms with E-state index < -0.39 is 23.9 Å². The molecule has 0 saturated carbocycles. The number of carbonyl (C=O) groups is 1. The molecule has 2 aromatic heterocycles. The summed E-state index contributed by atoms with van der Waals surface area (Å²) >= 11 is 0. The summed E-state index contributed by atoms with van der Waals surface area (Å²) < 4.78 is 49.8. The molecule has 6 heterocycles. The monoisotopic (exact) mass is 819 g/mol. The van der Waals surface area contributed by atoms with E-state index in [2.05, 4.69) is 73.5 Å². The first kappa shape index (κ1) is 39.8. The normalized spacial score (nSPS) is 21.1. The van der Waals surface area contributed by atoms with Gasteiger partial charge in [-0.1, -0.05) is 30.3 Å². The Morgan fingerprint density at radius 3 is 2.43 bits per heavy atom. The first-order valence-electron chi connectivity index (χ1n) is 21.0. The molecule has 1 atom stereocenters. The van der Waals surface area contributed by atoms with Crippen LogP contribution in [0.15, 0.2) is 91.3 Å². The fraction of sp³-hybridized carbons (Fsp3) is 0.413. The van der Waals surface area contributed by atoms with E-state index in [0.29, 0.717) is 53.7 Å². The van der Waals surface area contributed by atoms with E-state index in [4.69, 9.17) is 5.73 Å². The number of aromatic nitrogens is 3. The average Bonchev–Trinajstić information content (AvgIpc) is 3.60. The van der Waals surface area contributed by atoms with E-state index >= 15 is 13.2 Å². The summed E-state index contributed by atoms with van der Waals surface area (Å²) in [4.78, 5) is 21.5. The molecule has 0 unspecified atom stereocenters. The van der Waals surface area contributed by atoms with Gasteiger partial charge in [0.2, 0.25) is 0 Å². The van der Waals surface area contributed by atoms with Crippen LogP contribution in [0.1, 0.15) is 65.5 Å². The van der Waals surface area contributed by atoms with Crippen molar-refractivity contribution in [1.29, 1.82) is 0 Å². The number of amides is 1. The van der Waals surface area contributed by atoms with Crippen molar-refractivity contribution in [3.05, 3.63) is 108 Å². The van der Waals surface area contributed by atoms with Gasteiger partial charge in [-0.05, 0) is 79.4 Å². The van der Waals surface area contributed by atoms with Crippen molar-refractivity contribution < 1.29 is 23.1 Å². The van der Waals surface area contributed by atoms with Crippen molar-refractivity contribution in [3.63, 3.8) is 0 Å². The highest BCUT2D eigenvalue weighted by Crippen LogP contribution is 2.43. The van der Waals surface area contributed by atoms with Gasteiger partial charge in [0.05, 0.1) is 24.0 Å². The van der Waals surface area contributed by atoms with Crippen LogP contribution in [0.5, 0.6) is 5.75 Å². The zero-order valence-corrected chi connectivity index (χ0v) is 33.9. The van der Waals surface area contributed by atoms with Gasteiger partial charge in [-0.2, -0.15) is 0 Å². The third kappa shape index (κ3) is 7.90. The Labute approximate surface area is 348 Å². The van der Waals surface area contributed by atoms with Crippen LogP contribution in [0.4, 0.5) is 30.4 Å². The molecule has 0 spiro atoms. The van der Waals surface area contributed by atoms with Crippen molar-refractivity contribution in [1.82, 2.24) is 29.9 Å². The number of rotatable bonds is 8. The molecule has 0 radical (unpaired) electrons. The Morgan fingerprint density at radius 1 is 0.933 bits per heavy atom. The molecule has 14 heteroatoms. The number of nitrogens with two attached hydrogens (primary N) is 1. The number of aryl methyl sites for hydroxylation is 1. The van der Waals surface area contributed by atoms with E-state index in [0.717, 1.165) is 39.1 Å². The number of phenols is 1. The molecule has 0 bridgehead atoms. The van der Waals surface area contributed by atoms with Gasteiger partial charge in [0.15, 0.2) is 5.82 Å². The van der Waals surface area contributed by atoms with Crippen LogP contribution in [0.2, 0.25) is 0 Å². The largest absolute Gasteiger partial charge is 0.507 e. The van der Waals surface area contributed by atoms with Gasteiger partial charge in [0, 0.05) is 118 Å². The number of nitrogens with zero attached hydrogens (tertiary/aromatic N) is 7. The topological polar surface area (TPSA) is 119 Å². The van der Waals surface area contributed by atoms with E-state index in [1.54, 1.807) is 58.3 Å². The van der Waals surface area contributed by atoms with E-state index in [-0.39, 0.29) is 43.4 Å². The number of likely N-dealkylation sites (tertiary alicyclic amines) is 2. The Balaban J connectivity index is 0.790. The molecule has 5 aromatic rings. The molecule has 4 aliphatic rings. The highest BCUT2D eigenvalue weighted by molar-refractivity contribution is 5.94. The SMILES string of the molecule is Cc1cn(C2CCN(CC3(F)CCN(C(=O)c4ccc([C@@H]5CN(c6cc(-c7ccccc7O)nnc6N)CCC5(F)F)cc4)CC3)CC2)c2ccc(N3C=CCNC3)cc12. The number of hydrogen-bond donors (Lipinski definition) is 3. The maximum Gasteiger partial charge on any atom is 0.258 e. The molecular weight excluding hydrogens is 768 g/mol. The maximum absolute atomic E-state index is 16.4. The molecular formula is C46H52F3N9O2. The molecule has 11 nitrogen and oxygen atoms in total. The van der Waals surface area contributed by atoms with Crippen LogP contribution in [0, 0.1) is 6.92 Å². The predicted molar refractivity (Wildman–Crippen MR) is 229 cm³/mol. The minimum absolute atomic E-state index is 0.0243. The lowest BCUT2D eigenvalue weighted by Crippen LogP contribution is -2.51. The van der Waals surface area contributed by atoms with Gasteiger partial charge < -0.3 is 35.0 Å². The summed E-state index contributed by atoms with van der Waals surface area (Å²) in [5, 5.41) is 23.2. The number of benzene rings is 3. The number of anilines is 3. The average molecular weight is 820 g/mol. The number of alkyl halides is 3. The first-order valence-corrected chi connectivity index (χ1v) is 21.0. The number of aromatic hydroxyl groups is 1. The van der Waals surface area contributed by atoms with Gasteiger partial charge in [0.25, 0.3) is 11.8 Å². The molecule has 4 N–H and O–H groups in total. The first-order chi connectivity index (χ1) is 28.9. The molecule has 9 rings (SSSR count). The molecule has 314 valence electrons. The fourth-order valence-corrected chi connectivity index (χ4v) is 9.58. The fourth-order valence-electron chi connectivity index (χ4n) is 9.58. The van der Waals surface area contributed by atoms with Gasteiger partial charge in [-0.3, -0.25) is 10.1 Å². The number of hydrogen-bond acceptors (Lipinski definition) is 9. The summed E-state index contributed by atoms with van der Waals surface area (Å²) in [6.07, 6.45) is 8.53. The van der Waals surface area contributed by atoms with Crippen molar-refractivity contribution in [2.24, 2.45) is 0 Å². The van der Waals surface area contributed by atoms with E-state index in [1.807, 2.05) is 0 Å². The summed E-state index contributed by atoms with van der Waals surface area (Å²) in [5.74, 6) is -4.25. The van der Waals surface area contributed by atoms with Crippen molar-refractivity contribution in [3.8, 4) is 17.0 Å². The standard InChI is InChI=1S/C46H52F3N9O2/c1-31-27-58(40-12-11-35(25-37(31)40)57-19-4-18-51-30-57)34-13-20-54(21-14-34)29-45(47)15-22-55(23-16-45)44(60)33-9-7-32(8-10-33)38-28-56(24-17-46(38,48)49)41-26-39(52-53-43(41)50)36-5-2-3-6-42(36)59/h2-12,19,25-27,34,38,51,59H,13-18,20-24,28-30H2,1H3,(H2,50,53)/t38-/m0/s1. The Hall–Kier alpha value is -5.60. The lowest BCUT2D eigenvalue weighted by atomic mass is 9.86. The molecule has 0 aliphatic carbocycles. The van der Waals surface area contributed by atoms with Crippen LogP contribution in [-0.4, -0.2) is 106 Å². The number of carbonyl (C=O) groups excluding carboxylic acids is 1. The third-order valence-corrected chi connectivity index (χ3v) is 13.1. The maximum atomic E-state index is 16.4. The second-order valence-corrected chi connectivity index (χ2v) is 17.0. The lowest BCUT2D eigenvalue weighted by molar-refractivity contribution is -0.0423. The number of halogens is 3. The summed E-state index contributed by atoms with van der Waals surface area (Å²) in [6, 6.07) is 21.8. The molecule has 3 saturated heterocycles. The van der Waals surface area contributed by atoms with Crippen LogP contribution in [-0.2, 0) is 0 Å². The Kier molecular flexibility index (Phi) is 10.7. The lowest BCUT2D eigenvalue weighted by Gasteiger charge is -2.41. The van der Waals surface area contributed by atoms with Crippen molar-refractivity contribution >= 4 is 34.0 Å². The molecule has 4 aliphatic heterocycles. The molecule has 1 amide bonds. The zero-order valence-electron chi connectivity index (χ0n) is 33.9. The van der Waals surface area contributed by atoms with Gasteiger partial charge in [-0.15, -0.1) is 10.2 Å². The quantitative estimate of drug-likeness (QED) is 0.147.